The third-order valence-corrected chi connectivity index (χ3v) is 7.63. The predicted molar refractivity (Wildman–Crippen MR) is 113 cm³/mol. The van der Waals surface area contributed by atoms with E-state index >= 15 is 0 Å². The molecule has 2 aliphatic rings. The van der Waals surface area contributed by atoms with Crippen LogP contribution in [0.15, 0.2) is 15.6 Å². The molecule has 0 aromatic carbocycles. The number of hydrogen-bond donors (Lipinski definition) is 0. The normalized spacial score (nSPS) is 22.6. The average Bonchev–Trinajstić information content (AvgIpc) is 3.06. The first kappa shape index (κ1) is 19.2. The van der Waals surface area contributed by atoms with Gasteiger partial charge in [0.05, 0.1) is 5.69 Å². The van der Waals surface area contributed by atoms with E-state index in [1.54, 1.807) is 11.8 Å². The molecule has 0 radical (unpaired) electrons. The van der Waals surface area contributed by atoms with Gasteiger partial charge in [-0.1, -0.05) is 80.9 Å². The monoisotopic (exact) mass is 397 g/mol. The molecule has 138 valence electrons. The fourth-order valence-corrected chi connectivity index (χ4v) is 5.38. The summed E-state index contributed by atoms with van der Waals surface area (Å²) in [7, 11) is 0. The van der Waals surface area contributed by atoms with Crippen LogP contribution in [0.5, 0.6) is 0 Å². The topological polar surface area (TPSA) is 41.6 Å². The maximum absolute atomic E-state index is 5.63. The molecule has 0 amide bonds. The second kappa shape index (κ2) is 7.61. The molecule has 1 saturated carbocycles. The van der Waals surface area contributed by atoms with Crippen LogP contribution in [0.1, 0.15) is 58.6 Å². The maximum Gasteiger partial charge on any atom is 0.253 e. The number of rotatable bonds is 1. The number of nitrogens with zero attached hydrogens (tertiary/aromatic N) is 3. The van der Waals surface area contributed by atoms with Crippen LogP contribution in [0.4, 0.5) is 5.88 Å². The van der Waals surface area contributed by atoms with Crippen LogP contribution in [0.25, 0.3) is 0 Å². The Balaban J connectivity index is 1.84. The van der Waals surface area contributed by atoms with Gasteiger partial charge in [-0.3, -0.25) is 0 Å². The molecular formula is C18H27N3OS3. The third kappa shape index (κ3) is 4.42. The van der Waals surface area contributed by atoms with Crippen molar-refractivity contribution in [2.75, 3.05) is 18.6 Å². The fraction of sp³-hybridized carbons (Fsp3) is 0.722. The Bertz CT molecular complexity index is 657. The SMILES string of the molecule is CSC(=S)N1CC2(CCCCC2)CS/C1=N\c1cc(C(C)(C)C)no1. The van der Waals surface area contributed by atoms with Gasteiger partial charge in [0.15, 0.2) is 5.17 Å². The van der Waals surface area contributed by atoms with Crippen LogP contribution in [0.3, 0.4) is 0 Å². The summed E-state index contributed by atoms with van der Waals surface area (Å²) in [6.07, 6.45) is 8.69. The summed E-state index contributed by atoms with van der Waals surface area (Å²) >= 11 is 9.07. The molecule has 0 unspecified atom stereocenters. The molecule has 0 N–H and O–H groups in total. The summed E-state index contributed by atoms with van der Waals surface area (Å²) < 4.78 is 6.36. The molecular weight excluding hydrogens is 370 g/mol. The van der Waals surface area contributed by atoms with Crippen LogP contribution in [0.2, 0.25) is 0 Å². The van der Waals surface area contributed by atoms with Gasteiger partial charge in [-0.2, -0.15) is 4.99 Å². The van der Waals surface area contributed by atoms with E-state index in [2.05, 4.69) is 30.8 Å². The van der Waals surface area contributed by atoms with Crippen LogP contribution in [0, 0.1) is 5.41 Å². The molecule has 1 aromatic heterocycles. The van der Waals surface area contributed by atoms with E-state index in [1.165, 1.54) is 32.1 Å². The lowest BCUT2D eigenvalue weighted by atomic mass is 9.75. The Morgan fingerprint density at radius 3 is 2.68 bits per heavy atom. The Kier molecular flexibility index (Phi) is 5.85. The van der Waals surface area contributed by atoms with Gasteiger partial charge in [-0.05, 0) is 24.5 Å². The zero-order chi connectivity index (χ0) is 18.1. The van der Waals surface area contributed by atoms with Crippen molar-refractivity contribution in [1.29, 1.82) is 0 Å². The van der Waals surface area contributed by atoms with E-state index in [0.717, 1.165) is 27.5 Å². The number of aromatic nitrogens is 1. The number of hydrogen-bond acceptors (Lipinski definition) is 6. The van der Waals surface area contributed by atoms with E-state index in [0.29, 0.717) is 11.3 Å². The third-order valence-electron chi connectivity index (χ3n) is 5.01. The fourth-order valence-electron chi connectivity index (χ4n) is 3.46. The molecule has 25 heavy (non-hydrogen) atoms. The zero-order valence-electron chi connectivity index (χ0n) is 15.5. The van der Waals surface area contributed by atoms with Gasteiger partial charge in [0, 0.05) is 23.8 Å². The van der Waals surface area contributed by atoms with Crippen molar-refractivity contribution in [2.45, 2.75) is 58.3 Å². The lowest BCUT2D eigenvalue weighted by Crippen LogP contribution is -2.48. The lowest BCUT2D eigenvalue weighted by molar-refractivity contribution is 0.194. The molecule has 0 atom stereocenters. The maximum atomic E-state index is 5.63. The van der Waals surface area contributed by atoms with Gasteiger partial charge in [0.1, 0.15) is 4.32 Å². The van der Waals surface area contributed by atoms with Gasteiger partial charge in [-0.15, -0.1) is 0 Å². The highest BCUT2D eigenvalue weighted by atomic mass is 32.2. The number of thioether (sulfide) groups is 2. The van der Waals surface area contributed by atoms with Crippen molar-refractivity contribution in [3.63, 3.8) is 0 Å². The van der Waals surface area contributed by atoms with E-state index in [4.69, 9.17) is 21.7 Å². The van der Waals surface area contributed by atoms with Crippen molar-refractivity contribution in [2.24, 2.45) is 10.4 Å². The van der Waals surface area contributed by atoms with E-state index < -0.39 is 0 Å². The second-order valence-electron chi connectivity index (χ2n) is 8.10. The highest BCUT2D eigenvalue weighted by Gasteiger charge is 2.40. The van der Waals surface area contributed by atoms with Crippen molar-refractivity contribution < 1.29 is 4.52 Å². The first-order chi connectivity index (χ1) is 11.8. The molecule has 4 nitrogen and oxygen atoms in total. The standard InChI is InChI=1S/C18H27N3OS3/c1-17(2,3)13-10-14(22-20-13)19-15-21(16(23)24-4)11-18(12-25-15)8-6-5-7-9-18/h10H,5-9,11-12H2,1-4H3/b19-15-. The first-order valence-electron chi connectivity index (χ1n) is 8.87. The summed E-state index contributed by atoms with van der Waals surface area (Å²) in [5.41, 5.74) is 1.28. The molecule has 1 aliphatic heterocycles. The highest BCUT2D eigenvalue weighted by Crippen LogP contribution is 2.44. The molecule has 7 heteroatoms. The average molecular weight is 398 g/mol. The highest BCUT2D eigenvalue weighted by molar-refractivity contribution is 8.23. The Morgan fingerprint density at radius 2 is 2.08 bits per heavy atom. The minimum absolute atomic E-state index is 0.0396. The van der Waals surface area contributed by atoms with Crippen molar-refractivity contribution in [3.05, 3.63) is 11.8 Å². The first-order valence-corrected chi connectivity index (χ1v) is 11.5. The Labute approximate surface area is 164 Å². The van der Waals surface area contributed by atoms with Gasteiger partial charge in [-0.25, -0.2) is 0 Å². The summed E-state index contributed by atoms with van der Waals surface area (Å²) in [6, 6.07) is 1.94. The Morgan fingerprint density at radius 1 is 1.36 bits per heavy atom. The van der Waals surface area contributed by atoms with Crippen LogP contribution in [-0.2, 0) is 5.41 Å². The van der Waals surface area contributed by atoms with Gasteiger partial charge < -0.3 is 9.42 Å². The molecule has 1 aliphatic carbocycles. The van der Waals surface area contributed by atoms with Gasteiger partial charge in [0.2, 0.25) is 0 Å². The van der Waals surface area contributed by atoms with Gasteiger partial charge >= 0.3 is 0 Å². The lowest BCUT2D eigenvalue weighted by Gasteiger charge is -2.45. The zero-order valence-corrected chi connectivity index (χ0v) is 18.0. The predicted octanol–water partition coefficient (Wildman–Crippen LogP) is 5.61. The number of thiocarbonyl (C=S) groups is 1. The second-order valence-corrected chi connectivity index (χ2v) is 10.5. The van der Waals surface area contributed by atoms with Crippen LogP contribution >= 0.6 is 35.7 Å². The van der Waals surface area contributed by atoms with Crippen molar-refractivity contribution in [1.82, 2.24) is 10.1 Å². The smallest absolute Gasteiger partial charge is 0.253 e. The molecule has 2 heterocycles. The van der Waals surface area contributed by atoms with Crippen molar-refractivity contribution >= 4 is 51.1 Å². The van der Waals surface area contributed by atoms with Crippen molar-refractivity contribution in [3.8, 4) is 0 Å². The van der Waals surface area contributed by atoms with Gasteiger partial charge in [0.25, 0.3) is 5.88 Å². The summed E-state index contributed by atoms with van der Waals surface area (Å²) in [6.45, 7) is 7.36. The number of aliphatic imine (C=N–C) groups is 1. The van der Waals surface area contributed by atoms with Crippen LogP contribution in [-0.4, -0.2) is 38.1 Å². The Hall–Kier alpha value is -0.530. The minimum Gasteiger partial charge on any atom is -0.336 e. The summed E-state index contributed by atoms with van der Waals surface area (Å²) in [4.78, 5) is 6.98. The quantitative estimate of drug-likeness (QED) is 0.574. The molecule has 2 fully saturated rings. The summed E-state index contributed by atoms with van der Waals surface area (Å²) in [5.74, 6) is 1.69. The summed E-state index contributed by atoms with van der Waals surface area (Å²) in [5, 5.41) is 5.13. The van der Waals surface area contributed by atoms with E-state index in [1.807, 2.05) is 24.1 Å². The molecule has 1 saturated heterocycles. The van der Waals surface area contributed by atoms with E-state index in [9.17, 15) is 0 Å². The van der Waals surface area contributed by atoms with Crippen LogP contribution < -0.4 is 0 Å². The molecule has 1 aromatic rings. The molecule has 3 rings (SSSR count). The number of amidine groups is 1. The minimum atomic E-state index is -0.0396. The van der Waals surface area contributed by atoms with E-state index in [-0.39, 0.29) is 5.41 Å². The largest absolute Gasteiger partial charge is 0.336 e. The molecule has 0 bridgehead atoms. The molecule has 1 spiro atoms.